The highest BCUT2D eigenvalue weighted by Gasteiger charge is 2.53. The van der Waals surface area contributed by atoms with E-state index in [1.165, 1.54) is 18.7 Å². The molecule has 1 atom stereocenters. The Morgan fingerprint density at radius 2 is 1.78 bits per heavy atom. The van der Waals surface area contributed by atoms with Gasteiger partial charge in [0.05, 0.1) is 0 Å². The van der Waals surface area contributed by atoms with E-state index in [4.69, 9.17) is 0 Å². The van der Waals surface area contributed by atoms with E-state index in [2.05, 4.69) is 0 Å². The molecule has 1 unspecified atom stereocenters. The normalized spacial score (nSPS) is 26.9. The first kappa shape index (κ1) is 15.2. The molecule has 1 aliphatic rings. The summed E-state index contributed by atoms with van der Waals surface area (Å²) in [5, 5.41) is 19.1. The van der Waals surface area contributed by atoms with Gasteiger partial charge in [0, 0.05) is 19.5 Å². The lowest BCUT2D eigenvalue weighted by Crippen LogP contribution is -2.48. The first-order valence-corrected chi connectivity index (χ1v) is 5.78. The second kappa shape index (κ2) is 4.70. The standard InChI is InChI=1S/C11H18F3NO3/c1-9(2,17)8(16)15-6-3-4-10(18,5-7-15)11(12,13)14/h17-18H,3-7H2,1-2H3. The molecule has 0 aromatic heterocycles. The van der Waals surface area contributed by atoms with Gasteiger partial charge in [0.15, 0.2) is 5.60 Å². The molecule has 0 aromatic rings. The van der Waals surface area contributed by atoms with E-state index in [0.717, 1.165) is 0 Å². The molecule has 0 bridgehead atoms. The third-order valence-electron chi connectivity index (χ3n) is 3.15. The summed E-state index contributed by atoms with van der Waals surface area (Å²) in [6.07, 6.45) is -5.62. The monoisotopic (exact) mass is 269 g/mol. The quantitative estimate of drug-likeness (QED) is 0.748. The van der Waals surface area contributed by atoms with Crippen molar-refractivity contribution in [3.63, 3.8) is 0 Å². The Bertz CT molecular complexity index is 324. The summed E-state index contributed by atoms with van der Waals surface area (Å²) in [6, 6.07) is 0. The molecule has 18 heavy (non-hydrogen) atoms. The molecule has 7 heteroatoms. The van der Waals surface area contributed by atoms with Gasteiger partial charge in [-0.05, 0) is 26.7 Å². The molecule has 106 valence electrons. The third-order valence-corrected chi connectivity index (χ3v) is 3.15. The SMILES string of the molecule is CC(C)(O)C(=O)N1CCCC(O)(C(F)(F)F)CC1. The summed E-state index contributed by atoms with van der Waals surface area (Å²) >= 11 is 0. The fourth-order valence-electron chi connectivity index (χ4n) is 1.99. The Morgan fingerprint density at radius 1 is 1.22 bits per heavy atom. The molecule has 1 saturated heterocycles. The fraction of sp³-hybridized carbons (Fsp3) is 0.909. The molecule has 0 spiro atoms. The number of amides is 1. The Hall–Kier alpha value is -0.820. The Labute approximate surface area is 103 Å². The van der Waals surface area contributed by atoms with Crippen LogP contribution in [0.4, 0.5) is 13.2 Å². The molecule has 1 rings (SSSR count). The second-order valence-electron chi connectivity index (χ2n) is 5.23. The van der Waals surface area contributed by atoms with Crippen LogP contribution in [-0.4, -0.2) is 51.5 Å². The van der Waals surface area contributed by atoms with Crippen molar-refractivity contribution in [1.82, 2.24) is 4.90 Å². The van der Waals surface area contributed by atoms with E-state index < -0.39 is 36.1 Å². The van der Waals surface area contributed by atoms with Gasteiger partial charge in [0.2, 0.25) is 0 Å². The zero-order chi connectivity index (χ0) is 14.2. The lowest BCUT2D eigenvalue weighted by atomic mass is 9.94. The molecule has 4 nitrogen and oxygen atoms in total. The topological polar surface area (TPSA) is 60.8 Å². The van der Waals surface area contributed by atoms with Crippen LogP contribution in [0.15, 0.2) is 0 Å². The maximum absolute atomic E-state index is 12.7. The van der Waals surface area contributed by atoms with E-state index in [1.54, 1.807) is 0 Å². The van der Waals surface area contributed by atoms with Crippen molar-refractivity contribution < 1.29 is 28.2 Å². The smallest absolute Gasteiger partial charge is 0.381 e. The van der Waals surface area contributed by atoms with Gasteiger partial charge in [-0.15, -0.1) is 0 Å². The first-order chi connectivity index (χ1) is 7.97. The summed E-state index contributed by atoms with van der Waals surface area (Å²) in [5.41, 5.74) is -4.34. The summed E-state index contributed by atoms with van der Waals surface area (Å²) in [5.74, 6) is -0.617. The lowest BCUT2D eigenvalue weighted by Gasteiger charge is -2.30. The number of carbonyl (C=O) groups excluding carboxylic acids is 1. The summed E-state index contributed by atoms with van der Waals surface area (Å²) in [4.78, 5) is 12.9. The highest BCUT2D eigenvalue weighted by Crippen LogP contribution is 2.38. The van der Waals surface area contributed by atoms with Gasteiger partial charge in [0.25, 0.3) is 5.91 Å². The van der Waals surface area contributed by atoms with Crippen LogP contribution in [0.2, 0.25) is 0 Å². The summed E-state index contributed by atoms with van der Waals surface area (Å²) in [6.45, 7) is 2.48. The van der Waals surface area contributed by atoms with Crippen LogP contribution < -0.4 is 0 Å². The number of carbonyl (C=O) groups is 1. The molecule has 1 fully saturated rings. The largest absolute Gasteiger partial charge is 0.417 e. The molecule has 0 aliphatic carbocycles. The minimum atomic E-state index is -4.69. The van der Waals surface area contributed by atoms with Crippen LogP contribution in [0.3, 0.4) is 0 Å². The fourth-order valence-corrected chi connectivity index (χ4v) is 1.99. The van der Waals surface area contributed by atoms with Crippen molar-refractivity contribution >= 4 is 5.91 Å². The lowest BCUT2D eigenvalue weighted by molar-refractivity contribution is -0.263. The van der Waals surface area contributed by atoms with E-state index in [-0.39, 0.29) is 19.5 Å². The molecule has 1 amide bonds. The van der Waals surface area contributed by atoms with E-state index in [0.29, 0.717) is 0 Å². The Kier molecular flexibility index (Phi) is 3.97. The number of aliphatic hydroxyl groups is 2. The number of hydrogen-bond acceptors (Lipinski definition) is 3. The number of halogens is 3. The molecular formula is C11H18F3NO3. The predicted octanol–water partition coefficient (Wildman–Crippen LogP) is 1.06. The van der Waals surface area contributed by atoms with Crippen molar-refractivity contribution in [2.24, 2.45) is 0 Å². The minimum Gasteiger partial charge on any atom is -0.381 e. The third kappa shape index (κ3) is 3.14. The van der Waals surface area contributed by atoms with Crippen molar-refractivity contribution in [2.45, 2.75) is 50.5 Å². The van der Waals surface area contributed by atoms with Gasteiger partial charge in [-0.2, -0.15) is 13.2 Å². The van der Waals surface area contributed by atoms with E-state index >= 15 is 0 Å². The number of alkyl halides is 3. The van der Waals surface area contributed by atoms with Gasteiger partial charge < -0.3 is 15.1 Å². The molecule has 1 aliphatic heterocycles. The van der Waals surface area contributed by atoms with Crippen LogP contribution in [0, 0.1) is 0 Å². The summed E-state index contributed by atoms with van der Waals surface area (Å²) < 4.78 is 38.0. The first-order valence-electron chi connectivity index (χ1n) is 5.78. The van der Waals surface area contributed by atoms with Crippen molar-refractivity contribution in [2.75, 3.05) is 13.1 Å². The molecule has 1 heterocycles. The van der Waals surface area contributed by atoms with Crippen LogP contribution in [0.5, 0.6) is 0 Å². The zero-order valence-corrected chi connectivity index (χ0v) is 10.4. The number of rotatable bonds is 1. The number of likely N-dealkylation sites (tertiary alicyclic amines) is 1. The van der Waals surface area contributed by atoms with Gasteiger partial charge in [-0.3, -0.25) is 4.79 Å². The van der Waals surface area contributed by atoms with E-state index in [1.807, 2.05) is 0 Å². The molecule has 0 saturated carbocycles. The highest BCUT2D eigenvalue weighted by molar-refractivity contribution is 5.84. The van der Waals surface area contributed by atoms with Crippen LogP contribution in [0.25, 0.3) is 0 Å². The average molecular weight is 269 g/mol. The van der Waals surface area contributed by atoms with Crippen LogP contribution >= 0.6 is 0 Å². The van der Waals surface area contributed by atoms with Crippen molar-refractivity contribution in [1.29, 1.82) is 0 Å². The van der Waals surface area contributed by atoms with Gasteiger partial charge in [-0.25, -0.2) is 0 Å². The zero-order valence-electron chi connectivity index (χ0n) is 10.4. The molecular weight excluding hydrogens is 251 g/mol. The van der Waals surface area contributed by atoms with Crippen LogP contribution in [0.1, 0.15) is 33.1 Å². The predicted molar refractivity (Wildman–Crippen MR) is 57.7 cm³/mol. The number of nitrogens with zero attached hydrogens (tertiary/aromatic N) is 1. The maximum atomic E-state index is 12.7. The average Bonchev–Trinajstić information content (AvgIpc) is 2.37. The van der Waals surface area contributed by atoms with Gasteiger partial charge in [0.1, 0.15) is 5.60 Å². The van der Waals surface area contributed by atoms with Crippen molar-refractivity contribution in [3.05, 3.63) is 0 Å². The van der Waals surface area contributed by atoms with Gasteiger partial charge in [-0.1, -0.05) is 0 Å². The Balaban J connectivity index is 2.77. The minimum absolute atomic E-state index is 0.0534. The van der Waals surface area contributed by atoms with Gasteiger partial charge >= 0.3 is 6.18 Å². The van der Waals surface area contributed by atoms with Crippen molar-refractivity contribution in [3.8, 4) is 0 Å². The van der Waals surface area contributed by atoms with E-state index in [9.17, 15) is 28.2 Å². The highest BCUT2D eigenvalue weighted by atomic mass is 19.4. The van der Waals surface area contributed by atoms with Crippen LogP contribution in [-0.2, 0) is 4.79 Å². The number of hydrogen-bond donors (Lipinski definition) is 2. The maximum Gasteiger partial charge on any atom is 0.417 e. The second-order valence-corrected chi connectivity index (χ2v) is 5.23. The Morgan fingerprint density at radius 3 is 2.22 bits per heavy atom. The molecule has 2 N–H and O–H groups in total. The molecule has 0 aromatic carbocycles. The molecule has 0 radical (unpaired) electrons. The summed E-state index contributed by atoms with van der Waals surface area (Å²) in [7, 11) is 0.